The maximum atomic E-state index is 12.1. The number of rotatable bonds is 5. The highest BCUT2D eigenvalue weighted by atomic mass is 16.5. The molecule has 1 aromatic rings. The van der Waals surface area contributed by atoms with Crippen LogP contribution in [0.4, 0.5) is 0 Å². The standard InChI is InChI=1S/C14H20N2O5/c1-20-8-9-7-12(16-21-9)13(17)15-11-6-4-2-3-5-10(11)14(18)19/h7,10-11H,2-6,8H2,1H3,(H,15,17)(H,18,19). The highest BCUT2D eigenvalue weighted by molar-refractivity contribution is 5.92. The second-order valence-electron chi connectivity index (χ2n) is 5.27. The van der Waals surface area contributed by atoms with Gasteiger partial charge in [-0.1, -0.05) is 24.4 Å². The molecule has 0 spiro atoms. The molecule has 1 heterocycles. The molecular formula is C14H20N2O5. The molecule has 21 heavy (non-hydrogen) atoms. The Bertz CT molecular complexity index is 499. The van der Waals surface area contributed by atoms with Crippen molar-refractivity contribution in [2.45, 2.75) is 44.8 Å². The molecule has 116 valence electrons. The van der Waals surface area contributed by atoms with Gasteiger partial charge >= 0.3 is 5.97 Å². The lowest BCUT2D eigenvalue weighted by atomic mass is 9.95. The second-order valence-corrected chi connectivity index (χ2v) is 5.27. The Balaban J connectivity index is 2.03. The van der Waals surface area contributed by atoms with Crippen LogP contribution in [0.25, 0.3) is 0 Å². The van der Waals surface area contributed by atoms with Gasteiger partial charge in [-0.3, -0.25) is 9.59 Å². The zero-order chi connectivity index (χ0) is 15.2. The summed E-state index contributed by atoms with van der Waals surface area (Å²) < 4.78 is 9.85. The summed E-state index contributed by atoms with van der Waals surface area (Å²) in [4.78, 5) is 23.5. The fourth-order valence-corrected chi connectivity index (χ4v) is 2.65. The molecule has 1 aliphatic rings. The topological polar surface area (TPSA) is 102 Å². The average molecular weight is 296 g/mol. The quantitative estimate of drug-likeness (QED) is 0.800. The monoisotopic (exact) mass is 296 g/mol. The number of nitrogens with zero attached hydrogens (tertiary/aromatic N) is 1. The van der Waals surface area contributed by atoms with Crippen LogP contribution in [-0.2, 0) is 16.1 Å². The third-order valence-electron chi connectivity index (χ3n) is 3.73. The van der Waals surface area contributed by atoms with Crippen molar-refractivity contribution in [2.24, 2.45) is 5.92 Å². The molecule has 1 fully saturated rings. The van der Waals surface area contributed by atoms with Crippen molar-refractivity contribution in [3.8, 4) is 0 Å². The van der Waals surface area contributed by atoms with Crippen LogP contribution in [0.3, 0.4) is 0 Å². The van der Waals surface area contributed by atoms with Crippen LogP contribution >= 0.6 is 0 Å². The summed E-state index contributed by atoms with van der Waals surface area (Å²) in [5.74, 6) is -1.35. The first-order valence-corrected chi connectivity index (χ1v) is 7.10. The van der Waals surface area contributed by atoms with Gasteiger partial charge in [-0.25, -0.2) is 0 Å². The zero-order valence-corrected chi connectivity index (χ0v) is 12.0. The minimum atomic E-state index is -0.859. The molecule has 2 N–H and O–H groups in total. The number of ether oxygens (including phenoxy) is 1. The van der Waals surface area contributed by atoms with E-state index in [9.17, 15) is 14.7 Å². The third-order valence-corrected chi connectivity index (χ3v) is 3.73. The van der Waals surface area contributed by atoms with Gasteiger partial charge in [-0.2, -0.15) is 0 Å². The number of nitrogens with one attached hydrogen (secondary N) is 1. The average Bonchev–Trinajstić information content (AvgIpc) is 2.78. The summed E-state index contributed by atoms with van der Waals surface area (Å²) in [6.45, 7) is 0.238. The van der Waals surface area contributed by atoms with Gasteiger partial charge in [-0.15, -0.1) is 0 Å². The van der Waals surface area contributed by atoms with Crippen molar-refractivity contribution in [3.63, 3.8) is 0 Å². The van der Waals surface area contributed by atoms with E-state index >= 15 is 0 Å². The van der Waals surface area contributed by atoms with E-state index in [-0.39, 0.29) is 18.3 Å². The van der Waals surface area contributed by atoms with Gasteiger partial charge in [0, 0.05) is 19.2 Å². The third kappa shape index (κ3) is 4.04. The number of hydrogen-bond acceptors (Lipinski definition) is 5. The number of carboxylic acid groups (broad SMARTS) is 1. The number of carbonyl (C=O) groups excluding carboxylic acids is 1. The maximum Gasteiger partial charge on any atom is 0.308 e. The summed E-state index contributed by atoms with van der Waals surface area (Å²) in [6.07, 6.45) is 4.06. The molecule has 1 aliphatic carbocycles. The zero-order valence-electron chi connectivity index (χ0n) is 12.0. The lowest BCUT2D eigenvalue weighted by Crippen LogP contribution is -2.42. The minimum Gasteiger partial charge on any atom is -0.481 e. The predicted molar refractivity (Wildman–Crippen MR) is 72.7 cm³/mol. The first-order chi connectivity index (χ1) is 10.1. The SMILES string of the molecule is COCc1cc(C(=O)NC2CCCCCC2C(=O)O)no1. The smallest absolute Gasteiger partial charge is 0.308 e. The Kier molecular flexibility index (Phi) is 5.32. The lowest BCUT2D eigenvalue weighted by Gasteiger charge is -2.22. The van der Waals surface area contributed by atoms with Crippen molar-refractivity contribution >= 4 is 11.9 Å². The summed E-state index contributed by atoms with van der Waals surface area (Å²) in [7, 11) is 1.52. The van der Waals surface area contributed by atoms with Gasteiger partial charge in [0.25, 0.3) is 5.91 Å². The summed E-state index contributed by atoms with van der Waals surface area (Å²) in [5.41, 5.74) is 0.149. The number of carboxylic acids is 1. The van der Waals surface area contributed by atoms with Crippen LogP contribution in [0.5, 0.6) is 0 Å². The predicted octanol–water partition coefficient (Wildman–Crippen LogP) is 1.58. The van der Waals surface area contributed by atoms with E-state index in [1.807, 2.05) is 0 Å². The van der Waals surface area contributed by atoms with Crippen LogP contribution in [0.2, 0.25) is 0 Å². The molecule has 2 atom stereocenters. The Labute approximate surface area is 122 Å². The molecule has 1 aromatic heterocycles. The molecule has 1 saturated carbocycles. The number of carbonyl (C=O) groups is 2. The van der Waals surface area contributed by atoms with Crippen LogP contribution in [0, 0.1) is 5.92 Å². The van der Waals surface area contributed by atoms with Crippen molar-refractivity contribution in [2.75, 3.05) is 7.11 Å². The van der Waals surface area contributed by atoms with Crippen LogP contribution in [0.15, 0.2) is 10.6 Å². The van der Waals surface area contributed by atoms with Crippen LogP contribution in [0.1, 0.15) is 48.4 Å². The van der Waals surface area contributed by atoms with E-state index in [1.165, 1.54) is 13.2 Å². The molecule has 0 aliphatic heterocycles. The molecule has 2 rings (SSSR count). The number of aromatic nitrogens is 1. The molecule has 2 unspecified atom stereocenters. The number of amides is 1. The first kappa shape index (κ1) is 15.5. The number of hydrogen-bond donors (Lipinski definition) is 2. The Morgan fingerprint density at radius 3 is 2.90 bits per heavy atom. The minimum absolute atomic E-state index is 0.149. The largest absolute Gasteiger partial charge is 0.481 e. The van der Waals surface area contributed by atoms with Gasteiger partial charge in [0.1, 0.15) is 6.61 Å². The van der Waals surface area contributed by atoms with E-state index < -0.39 is 17.8 Å². The molecule has 7 nitrogen and oxygen atoms in total. The highest BCUT2D eigenvalue weighted by Crippen LogP contribution is 2.24. The van der Waals surface area contributed by atoms with Gasteiger partial charge in [0.2, 0.25) is 0 Å². The van der Waals surface area contributed by atoms with Gasteiger partial charge in [0.05, 0.1) is 5.92 Å². The second kappa shape index (κ2) is 7.21. The van der Waals surface area contributed by atoms with E-state index in [1.54, 1.807) is 0 Å². The molecule has 0 radical (unpaired) electrons. The van der Waals surface area contributed by atoms with Gasteiger partial charge in [0.15, 0.2) is 11.5 Å². The van der Waals surface area contributed by atoms with E-state index in [0.717, 1.165) is 19.3 Å². The molecule has 0 saturated heterocycles. The highest BCUT2D eigenvalue weighted by Gasteiger charge is 2.31. The Morgan fingerprint density at radius 2 is 2.19 bits per heavy atom. The van der Waals surface area contributed by atoms with Gasteiger partial charge in [-0.05, 0) is 12.8 Å². The van der Waals surface area contributed by atoms with E-state index in [0.29, 0.717) is 18.6 Å². The summed E-state index contributed by atoms with van der Waals surface area (Å²) >= 11 is 0. The molecule has 0 bridgehead atoms. The molecule has 1 amide bonds. The molecule has 0 aromatic carbocycles. The van der Waals surface area contributed by atoms with Gasteiger partial charge < -0.3 is 19.7 Å². The van der Waals surface area contributed by atoms with E-state index in [4.69, 9.17) is 9.26 Å². The molecule has 7 heteroatoms. The van der Waals surface area contributed by atoms with Crippen molar-refractivity contribution in [1.29, 1.82) is 0 Å². The number of methoxy groups -OCH3 is 1. The Hall–Kier alpha value is -1.89. The first-order valence-electron chi connectivity index (χ1n) is 7.10. The van der Waals surface area contributed by atoms with Crippen LogP contribution in [-0.4, -0.2) is 35.3 Å². The summed E-state index contributed by atoms with van der Waals surface area (Å²) in [6, 6.07) is 1.14. The van der Waals surface area contributed by atoms with Crippen molar-refractivity contribution in [1.82, 2.24) is 10.5 Å². The summed E-state index contributed by atoms with van der Waals surface area (Å²) in [5, 5.41) is 15.7. The maximum absolute atomic E-state index is 12.1. The lowest BCUT2D eigenvalue weighted by molar-refractivity contribution is -0.142. The van der Waals surface area contributed by atoms with Crippen molar-refractivity contribution < 1.29 is 24.0 Å². The van der Waals surface area contributed by atoms with Crippen LogP contribution < -0.4 is 5.32 Å². The van der Waals surface area contributed by atoms with E-state index in [2.05, 4.69) is 10.5 Å². The van der Waals surface area contributed by atoms with Crippen molar-refractivity contribution in [3.05, 3.63) is 17.5 Å². The molecular weight excluding hydrogens is 276 g/mol. The fraction of sp³-hybridized carbons (Fsp3) is 0.643. The Morgan fingerprint density at radius 1 is 1.43 bits per heavy atom. The number of aliphatic carboxylic acids is 1. The fourth-order valence-electron chi connectivity index (χ4n) is 2.65. The normalized spacial score (nSPS) is 22.5.